The van der Waals surface area contributed by atoms with Crippen LogP contribution in [-0.2, 0) is 16.1 Å². The lowest BCUT2D eigenvalue weighted by Crippen LogP contribution is -2.37. The van der Waals surface area contributed by atoms with Crippen molar-refractivity contribution in [3.63, 3.8) is 0 Å². The molecule has 2 amide bonds. The van der Waals surface area contributed by atoms with Crippen LogP contribution in [0.5, 0.6) is 0 Å². The fourth-order valence-corrected chi connectivity index (χ4v) is 3.85. The number of nitrogen functional groups attached to an aromatic ring is 1. The van der Waals surface area contributed by atoms with Crippen LogP contribution in [0.15, 0.2) is 35.0 Å². The van der Waals surface area contributed by atoms with E-state index in [2.05, 4.69) is 32.8 Å². The first kappa shape index (κ1) is 29.0. The molecule has 0 aliphatic rings. The number of nitrogens with two attached hydrogens (primary N) is 1. The Morgan fingerprint density at radius 3 is 2.54 bits per heavy atom. The number of pyridine rings is 1. The molecular weight excluding hydrogens is 528 g/mol. The quantitative estimate of drug-likeness (QED) is 0.255. The number of anilines is 2. The zero-order valence-electron chi connectivity index (χ0n) is 23.7. The topological polar surface area (TPSA) is 183 Å². The molecule has 0 unspecified atom stereocenters. The standard InChI is InChI=1S/C28H32N8O5/c1-7-36-20-14-19(16-9-8-10-17(13-16)31-21(37)15-30-26(38)40-27(2,3)4)32-18(11-12-28(5,6)39)22(20)33-25(36)23-24(29)35-41-34-23/h8-10,13-14,39H,7,15H2,1-6H3,(H2,29,35)(H,30,38)(H,31,37). The number of nitrogens with one attached hydrogen (secondary N) is 2. The van der Waals surface area contributed by atoms with E-state index >= 15 is 0 Å². The van der Waals surface area contributed by atoms with E-state index in [0.29, 0.717) is 46.0 Å². The summed E-state index contributed by atoms with van der Waals surface area (Å²) >= 11 is 0. The van der Waals surface area contributed by atoms with E-state index < -0.39 is 23.2 Å². The van der Waals surface area contributed by atoms with Gasteiger partial charge in [0.15, 0.2) is 17.3 Å². The monoisotopic (exact) mass is 560 g/mol. The van der Waals surface area contributed by atoms with Gasteiger partial charge in [-0.3, -0.25) is 4.79 Å². The maximum Gasteiger partial charge on any atom is 0.408 e. The average molecular weight is 561 g/mol. The second kappa shape index (κ2) is 11.3. The number of aromatic nitrogens is 5. The predicted molar refractivity (Wildman–Crippen MR) is 152 cm³/mol. The summed E-state index contributed by atoms with van der Waals surface area (Å²) in [5, 5.41) is 23.0. The normalized spacial score (nSPS) is 11.6. The van der Waals surface area contributed by atoms with Crippen LogP contribution >= 0.6 is 0 Å². The van der Waals surface area contributed by atoms with Crippen molar-refractivity contribution in [2.75, 3.05) is 17.6 Å². The van der Waals surface area contributed by atoms with Crippen molar-refractivity contribution >= 4 is 34.5 Å². The number of alkyl carbamates (subject to hydrolysis) is 1. The highest BCUT2D eigenvalue weighted by Crippen LogP contribution is 2.31. The van der Waals surface area contributed by atoms with Crippen molar-refractivity contribution in [1.82, 2.24) is 30.2 Å². The third-order valence-electron chi connectivity index (χ3n) is 5.50. The smallest absolute Gasteiger partial charge is 0.408 e. The number of fused-ring (bicyclic) bond motifs is 1. The van der Waals surface area contributed by atoms with Gasteiger partial charge in [0.2, 0.25) is 5.91 Å². The van der Waals surface area contributed by atoms with Crippen molar-refractivity contribution in [3.05, 3.63) is 36.0 Å². The third kappa shape index (κ3) is 7.17. The Labute approximate surface area is 236 Å². The van der Waals surface area contributed by atoms with Gasteiger partial charge in [0, 0.05) is 17.8 Å². The summed E-state index contributed by atoms with van der Waals surface area (Å²) in [6.45, 7) is 10.5. The lowest BCUT2D eigenvalue weighted by Gasteiger charge is -2.19. The molecule has 13 nitrogen and oxygen atoms in total. The van der Waals surface area contributed by atoms with Crippen molar-refractivity contribution in [3.8, 4) is 34.6 Å². The Hall–Kier alpha value is -4.96. The van der Waals surface area contributed by atoms with Crippen molar-refractivity contribution in [2.45, 2.75) is 59.3 Å². The molecule has 0 saturated heterocycles. The summed E-state index contributed by atoms with van der Waals surface area (Å²) in [5.74, 6) is 5.85. The minimum Gasteiger partial charge on any atom is -0.444 e. The highest BCUT2D eigenvalue weighted by atomic mass is 16.6. The first-order valence-corrected chi connectivity index (χ1v) is 12.9. The molecular formula is C28H32N8O5. The van der Waals surface area contributed by atoms with E-state index in [-0.39, 0.29) is 18.1 Å². The van der Waals surface area contributed by atoms with Crippen LogP contribution in [0.25, 0.3) is 33.8 Å². The summed E-state index contributed by atoms with van der Waals surface area (Å²) in [4.78, 5) is 33.8. The molecule has 0 spiro atoms. The molecule has 13 heteroatoms. The number of hydrogen-bond acceptors (Lipinski definition) is 10. The molecule has 0 saturated carbocycles. The molecule has 0 aliphatic heterocycles. The summed E-state index contributed by atoms with van der Waals surface area (Å²) in [7, 11) is 0. The number of imidazole rings is 1. The lowest BCUT2D eigenvalue weighted by atomic mass is 10.1. The average Bonchev–Trinajstić information content (AvgIpc) is 3.47. The highest BCUT2D eigenvalue weighted by molar-refractivity contribution is 5.95. The molecule has 5 N–H and O–H groups in total. The van der Waals surface area contributed by atoms with Crippen LogP contribution in [-0.4, -0.2) is 59.7 Å². The van der Waals surface area contributed by atoms with Gasteiger partial charge in [-0.05, 0) is 76.0 Å². The molecule has 0 atom stereocenters. The molecule has 0 fully saturated rings. The van der Waals surface area contributed by atoms with Gasteiger partial charge in [-0.25, -0.2) is 19.4 Å². The lowest BCUT2D eigenvalue weighted by molar-refractivity contribution is -0.115. The Balaban J connectivity index is 1.71. The van der Waals surface area contributed by atoms with Gasteiger partial charge in [-0.1, -0.05) is 18.1 Å². The summed E-state index contributed by atoms with van der Waals surface area (Å²) in [6.07, 6.45) is -0.686. The first-order valence-electron chi connectivity index (χ1n) is 12.9. The number of aliphatic hydroxyl groups is 1. The number of benzene rings is 1. The zero-order valence-corrected chi connectivity index (χ0v) is 23.7. The van der Waals surface area contributed by atoms with Crippen molar-refractivity contribution < 1.29 is 24.1 Å². The molecule has 3 aromatic heterocycles. The molecule has 0 radical (unpaired) electrons. The molecule has 4 aromatic rings. The molecule has 214 valence electrons. The molecule has 1 aromatic carbocycles. The Bertz CT molecular complexity index is 1660. The fourth-order valence-electron chi connectivity index (χ4n) is 3.85. The van der Waals surface area contributed by atoms with Crippen LogP contribution in [0.4, 0.5) is 16.3 Å². The van der Waals surface area contributed by atoms with Gasteiger partial charge in [0.1, 0.15) is 29.0 Å². The van der Waals surface area contributed by atoms with Gasteiger partial charge in [-0.15, -0.1) is 0 Å². The van der Waals surface area contributed by atoms with Gasteiger partial charge in [0.25, 0.3) is 0 Å². The minimum absolute atomic E-state index is 0.0944. The van der Waals surface area contributed by atoms with Gasteiger partial charge >= 0.3 is 6.09 Å². The van der Waals surface area contributed by atoms with Gasteiger partial charge in [0.05, 0.1) is 11.2 Å². The minimum atomic E-state index is -1.27. The van der Waals surface area contributed by atoms with E-state index in [4.69, 9.17) is 25.1 Å². The maximum absolute atomic E-state index is 12.5. The number of carbonyl (C=O) groups excluding carboxylic acids is 2. The highest BCUT2D eigenvalue weighted by Gasteiger charge is 2.22. The molecule has 0 aliphatic carbocycles. The summed E-state index contributed by atoms with van der Waals surface area (Å²) < 4.78 is 11.8. The van der Waals surface area contributed by atoms with Crippen molar-refractivity contribution in [2.24, 2.45) is 0 Å². The van der Waals surface area contributed by atoms with Crippen LogP contribution in [0, 0.1) is 11.8 Å². The largest absolute Gasteiger partial charge is 0.444 e. The van der Waals surface area contributed by atoms with E-state index in [9.17, 15) is 14.7 Å². The number of rotatable bonds is 6. The number of hydrogen-bond donors (Lipinski definition) is 4. The summed E-state index contributed by atoms with van der Waals surface area (Å²) in [5.41, 5.74) is 7.55. The fraction of sp³-hybridized carbons (Fsp3) is 0.357. The molecule has 3 heterocycles. The number of aryl methyl sites for hydroxylation is 1. The predicted octanol–water partition coefficient (Wildman–Crippen LogP) is 3.34. The van der Waals surface area contributed by atoms with Crippen LogP contribution in [0.3, 0.4) is 0 Å². The third-order valence-corrected chi connectivity index (χ3v) is 5.50. The van der Waals surface area contributed by atoms with Crippen LogP contribution in [0.2, 0.25) is 0 Å². The second-order valence-corrected chi connectivity index (χ2v) is 10.7. The van der Waals surface area contributed by atoms with Gasteiger partial charge < -0.3 is 30.8 Å². The number of ether oxygens (including phenoxy) is 1. The summed E-state index contributed by atoms with van der Waals surface area (Å²) in [6, 6.07) is 8.92. The van der Waals surface area contributed by atoms with Gasteiger partial charge in [-0.2, -0.15) is 0 Å². The van der Waals surface area contributed by atoms with E-state index in [0.717, 1.165) is 0 Å². The second-order valence-electron chi connectivity index (χ2n) is 10.7. The first-order chi connectivity index (χ1) is 19.2. The van der Waals surface area contributed by atoms with Crippen LogP contribution in [0.1, 0.15) is 47.2 Å². The Morgan fingerprint density at radius 1 is 1.15 bits per heavy atom. The zero-order chi connectivity index (χ0) is 29.9. The number of carbonyl (C=O) groups is 2. The Morgan fingerprint density at radius 2 is 1.90 bits per heavy atom. The Kier molecular flexibility index (Phi) is 7.98. The molecule has 41 heavy (non-hydrogen) atoms. The maximum atomic E-state index is 12.5. The van der Waals surface area contributed by atoms with Crippen LogP contribution < -0.4 is 16.4 Å². The number of nitrogens with zero attached hydrogens (tertiary/aromatic N) is 5. The molecule has 0 bridgehead atoms. The SMILES string of the molecule is CCn1c(-c2nonc2N)nc2c(C#CC(C)(C)O)nc(-c3cccc(NC(=O)CNC(=O)OC(C)(C)C)c3)cc21. The van der Waals surface area contributed by atoms with E-state index in [1.807, 2.05) is 23.6 Å². The van der Waals surface area contributed by atoms with E-state index in [1.165, 1.54) is 0 Å². The van der Waals surface area contributed by atoms with E-state index in [1.54, 1.807) is 52.8 Å². The number of amides is 2. The van der Waals surface area contributed by atoms with Crippen molar-refractivity contribution in [1.29, 1.82) is 0 Å². The molecule has 4 rings (SSSR count).